The second-order valence-electron chi connectivity index (χ2n) is 6.77. The van der Waals surface area contributed by atoms with E-state index in [9.17, 15) is 18.0 Å². The van der Waals surface area contributed by atoms with Crippen LogP contribution in [0.5, 0.6) is 0 Å². The van der Waals surface area contributed by atoms with E-state index in [4.69, 9.17) is 22.1 Å². The highest BCUT2D eigenvalue weighted by molar-refractivity contribution is 7.89. The molecule has 1 fully saturated rings. The van der Waals surface area contributed by atoms with Gasteiger partial charge in [0.25, 0.3) is 0 Å². The first-order valence-electron chi connectivity index (χ1n) is 9.33. The second kappa shape index (κ2) is 9.57. The summed E-state index contributed by atoms with van der Waals surface area (Å²) in [7, 11) is -3.54. The molecule has 1 saturated heterocycles. The van der Waals surface area contributed by atoms with Gasteiger partial charge >= 0.3 is 0 Å². The van der Waals surface area contributed by atoms with Crippen LogP contribution in [0.1, 0.15) is 22.3 Å². The lowest BCUT2D eigenvalue weighted by atomic mass is 10.1. The minimum absolute atomic E-state index is 0.164. The van der Waals surface area contributed by atoms with Gasteiger partial charge in [-0.1, -0.05) is 23.7 Å². The third kappa shape index (κ3) is 5.37. The van der Waals surface area contributed by atoms with Crippen LogP contribution < -0.4 is 11.1 Å². The van der Waals surface area contributed by atoms with Crippen LogP contribution >= 0.6 is 11.6 Å². The molecule has 3 N–H and O–H groups in total. The molecule has 0 radical (unpaired) electrons. The molecular formula is C20H22ClN3O5S. The van der Waals surface area contributed by atoms with Gasteiger partial charge in [0.1, 0.15) is 0 Å². The number of rotatable bonds is 7. The van der Waals surface area contributed by atoms with Crippen LogP contribution in [0.3, 0.4) is 0 Å². The Labute approximate surface area is 180 Å². The quantitative estimate of drug-likeness (QED) is 0.667. The molecule has 160 valence electrons. The normalized spacial score (nSPS) is 15.0. The molecule has 0 saturated carbocycles. The predicted octanol–water partition coefficient (Wildman–Crippen LogP) is 2.03. The van der Waals surface area contributed by atoms with Gasteiger partial charge in [-0.3, -0.25) is 9.59 Å². The van der Waals surface area contributed by atoms with E-state index in [2.05, 4.69) is 5.32 Å². The maximum atomic E-state index is 12.6. The van der Waals surface area contributed by atoms with Crippen molar-refractivity contribution in [2.45, 2.75) is 17.7 Å². The van der Waals surface area contributed by atoms with Crippen molar-refractivity contribution in [3.63, 3.8) is 0 Å². The van der Waals surface area contributed by atoms with Crippen LogP contribution in [0.4, 0.5) is 5.69 Å². The van der Waals surface area contributed by atoms with E-state index in [0.29, 0.717) is 38.4 Å². The maximum Gasteiger partial charge on any atom is 0.250 e. The lowest BCUT2D eigenvalue weighted by molar-refractivity contribution is -0.116. The van der Waals surface area contributed by atoms with Crippen molar-refractivity contribution in [1.29, 1.82) is 0 Å². The second-order valence-corrected chi connectivity index (χ2v) is 9.11. The highest BCUT2D eigenvalue weighted by atomic mass is 35.5. The van der Waals surface area contributed by atoms with Gasteiger partial charge in [-0.2, -0.15) is 4.31 Å². The van der Waals surface area contributed by atoms with Gasteiger partial charge in [-0.25, -0.2) is 8.42 Å². The molecule has 1 heterocycles. The fraction of sp³-hybridized carbons (Fsp3) is 0.300. The molecule has 2 aromatic carbocycles. The number of amides is 2. The van der Waals surface area contributed by atoms with Gasteiger partial charge in [0.05, 0.1) is 28.7 Å². The molecule has 2 amide bonds. The highest BCUT2D eigenvalue weighted by Gasteiger charge is 2.26. The summed E-state index contributed by atoms with van der Waals surface area (Å²) in [6.45, 7) is 1.47. The third-order valence-electron chi connectivity index (χ3n) is 4.69. The van der Waals surface area contributed by atoms with Crippen molar-refractivity contribution in [3.05, 3.63) is 58.6 Å². The van der Waals surface area contributed by atoms with Gasteiger partial charge in [0.2, 0.25) is 21.8 Å². The number of halogens is 1. The number of morpholine rings is 1. The van der Waals surface area contributed by atoms with Crippen LogP contribution in [0.15, 0.2) is 47.4 Å². The number of hydrogen-bond acceptors (Lipinski definition) is 5. The Morgan fingerprint density at radius 3 is 2.37 bits per heavy atom. The molecule has 0 bridgehead atoms. The number of primary amides is 1. The molecule has 0 aliphatic carbocycles. The van der Waals surface area contributed by atoms with E-state index in [1.807, 2.05) is 0 Å². The number of sulfonamides is 1. The summed E-state index contributed by atoms with van der Waals surface area (Å²) >= 11 is 5.98. The summed E-state index contributed by atoms with van der Waals surface area (Å²) in [6.07, 6.45) is 0.640. The van der Waals surface area contributed by atoms with Gasteiger partial charge in [0.15, 0.2) is 0 Å². The standard InChI is InChI=1S/C20H22ClN3O5S/c21-18-13-15(4-7-17(18)20(22)26)23-19(25)8-3-14-1-5-16(6-2-14)30(27,28)24-9-11-29-12-10-24/h1-2,4-7,13H,3,8-12H2,(H2,22,26)(H,23,25). The number of nitrogens with two attached hydrogens (primary N) is 1. The van der Waals surface area contributed by atoms with E-state index in [0.717, 1.165) is 5.56 Å². The Balaban J connectivity index is 1.56. The zero-order chi connectivity index (χ0) is 21.7. The van der Waals surface area contributed by atoms with E-state index in [-0.39, 0.29) is 27.8 Å². The minimum Gasteiger partial charge on any atom is -0.379 e. The topological polar surface area (TPSA) is 119 Å². The summed E-state index contributed by atoms with van der Waals surface area (Å²) in [5.74, 6) is -0.875. The Morgan fingerprint density at radius 1 is 1.10 bits per heavy atom. The number of hydrogen-bond donors (Lipinski definition) is 2. The predicted molar refractivity (Wildman–Crippen MR) is 113 cm³/mol. The Hall–Kier alpha value is -2.46. The van der Waals surface area contributed by atoms with Crippen molar-refractivity contribution in [3.8, 4) is 0 Å². The van der Waals surface area contributed by atoms with E-state index < -0.39 is 15.9 Å². The number of carbonyl (C=O) groups is 2. The van der Waals surface area contributed by atoms with Crippen molar-refractivity contribution >= 4 is 39.1 Å². The van der Waals surface area contributed by atoms with Crippen molar-refractivity contribution in [2.24, 2.45) is 5.73 Å². The maximum absolute atomic E-state index is 12.6. The summed E-state index contributed by atoms with van der Waals surface area (Å²) in [4.78, 5) is 23.6. The number of nitrogens with one attached hydrogen (secondary N) is 1. The first-order chi connectivity index (χ1) is 14.3. The van der Waals surface area contributed by atoms with Gasteiger partial charge in [-0.15, -0.1) is 0 Å². The number of anilines is 1. The number of benzene rings is 2. The molecule has 10 heteroatoms. The number of aryl methyl sites for hydroxylation is 1. The lowest BCUT2D eigenvalue weighted by Crippen LogP contribution is -2.40. The third-order valence-corrected chi connectivity index (χ3v) is 6.92. The summed E-state index contributed by atoms with van der Waals surface area (Å²) in [5, 5.41) is 2.87. The molecule has 1 aliphatic rings. The highest BCUT2D eigenvalue weighted by Crippen LogP contribution is 2.21. The molecule has 2 aromatic rings. The molecule has 0 atom stereocenters. The zero-order valence-electron chi connectivity index (χ0n) is 16.1. The van der Waals surface area contributed by atoms with E-state index in [1.54, 1.807) is 30.3 Å². The van der Waals surface area contributed by atoms with Crippen LogP contribution in [0.25, 0.3) is 0 Å². The zero-order valence-corrected chi connectivity index (χ0v) is 17.7. The van der Waals surface area contributed by atoms with Crippen LogP contribution in [-0.4, -0.2) is 50.8 Å². The average molecular weight is 452 g/mol. The SMILES string of the molecule is NC(=O)c1ccc(NC(=O)CCc2ccc(S(=O)(=O)N3CCOCC3)cc2)cc1Cl. The largest absolute Gasteiger partial charge is 0.379 e. The van der Waals surface area contributed by atoms with Gasteiger partial charge in [0, 0.05) is 25.2 Å². The summed E-state index contributed by atoms with van der Waals surface area (Å²) in [5.41, 5.74) is 6.68. The molecule has 8 nitrogen and oxygen atoms in total. The minimum atomic E-state index is -3.54. The fourth-order valence-corrected chi connectivity index (χ4v) is 4.72. The van der Waals surface area contributed by atoms with Crippen LogP contribution in [0, 0.1) is 0 Å². The smallest absolute Gasteiger partial charge is 0.250 e. The Bertz CT molecular complexity index is 1030. The van der Waals surface area contributed by atoms with Gasteiger partial charge in [-0.05, 0) is 42.3 Å². The van der Waals surface area contributed by atoms with Crippen molar-refractivity contribution < 1.29 is 22.7 Å². The number of carbonyl (C=O) groups excluding carboxylic acids is 2. The summed E-state index contributed by atoms with van der Waals surface area (Å²) < 4.78 is 31.9. The molecular weight excluding hydrogens is 430 g/mol. The number of nitrogens with zero attached hydrogens (tertiary/aromatic N) is 1. The Morgan fingerprint density at radius 2 is 1.77 bits per heavy atom. The van der Waals surface area contributed by atoms with Crippen LogP contribution in [0.2, 0.25) is 5.02 Å². The first-order valence-corrected chi connectivity index (χ1v) is 11.2. The molecule has 0 unspecified atom stereocenters. The first kappa shape index (κ1) is 22.2. The molecule has 3 rings (SSSR count). The van der Waals surface area contributed by atoms with E-state index >= 15 is 0 Å². The van der Waals surface area contributed by atoms with E-state index in [1.165, 1.54) is 16.4 Å². The number of ether oxygens (including phenoxy) is 1. The van der Waals surface area contributed by atoms with Crippen molar-refractivity contribution in [1.82, 2.24) is 4.31 Å². The average Bonchev–Trinajstić information content (AvgIpc) is 2.73. The molecule has 1 aliphatic heterocycles. The molecule has 0 spiro atoms. The van der Waals surface area contributed by atoms with Gasteiger partial charge < -0.3 is 15.8 Å². The van der Waals surface area contributed by atoms with Crippen molar-refractivity contribution in [2.75, 3.05) is 31.6 Å². The molecule has 0 aromatic heterocycles. The Kier molecular flexibility index (Phi) is 7.09. The monoisotopic (exact) mass is 451 g/mol. The molecule has 30 heavy (non-hydrogen) atoms. The lowest BCUT2D eigenvalue weighted by Gasteiger charge is -2.26. The summed E-state index contributed by atoms with van der Waals surface area (Å²) in [6, 6.07) is 11.0. The van der Waals surface area contributed by atoms with Crippen LogP contribution in [-0.2, 0) is 26.0 Å². The fourth-order valence-electron chi connectivity index (χ4n) is 3.04.